The molecule has 1 aromatic rings. The lowest BCUT2D eigenvalue weighted by Crippen LogP contribution is -2.37. The molecule has 1 unspecified atom stereocenters. The topological polar surface area (TPSA) is 50.8 Å². The number of ether oxygens (including phenoxy) is 1. The summed E-state index contributed by atoms with van der Waals surface area (Å²) < 4.78 is 5.47. The van der Waals surface area contributed by atoms with E-state index >= 15 is 0 Å². The molecule has 1 aliphatic rings. The first kappa shape index (κ1) is 20.2. The van der Waals surface area contributed by atoms with E-state index in [-0.39, 0.29) is 30.0 Å². The minimum atomic E-state index is 0. The summed E-state index contributed by atoms with van der Waals surface area (Å²) in [6.45, 7) is 7.77. The molecule has 0 aliphatic carbocycles. The number of nitrogens with two attached hydrogens (primary N) is 1. The molecule has 0 saturated carbocycles. The average molecular weight is 431 g/mol. The summed E-state index contributed by atoms with van der Waals surface area (Å²) in [6, 6.07) is 10.7. The van der Waals surface area contributed by atoms with E-state index < -0.39 is 0 Å². The van der Waals surface area contributed by atoms with Crippen LogP contribution in [-0.2, 0) is 4.74 Å². The molecule has 1 saturated heterocycles. The Bertz CT molecular complexity index is 457. The van der Waals surface area contributed by atoms with E-state index in [1.54, 1.807) is 0 Å². The Kier molecular flexibility index (Phi) is 9.55. The third-order valence-corrected chi connectivity index (χ3v) is 4.46. The van der Waals surface area contributed by atoms with Crippen molar-refractivity contribution in [3.05, 3.63) is 35.9 Å². The first-order valence-electron chi connectivity index (χ1n) is 8.45. The van der Waals surface area contributed by atoms with Crippen LogP contribution in [-0.4, -0.2) is 37.2 Å². The Hall–Kier alpha value is -0.820. The third kappa shape index (κ3) is 6.30. The molecule has 2 rings (SSSR count). The predicted octanol–water partition coefficient (Wildman–Crippen LogP) is 3.82. The van der Waals surface area contributed by atoms with Gasteiger partial charge in [0.05, 0.1) is 6.04 Å². The Morgan fingerprint density at radius 1 is 1.22 bits per heavy atom. The van der Waals surface area contributed by atoms with Crippen molar-refractivity contribution in [2.75, 3.05) is 26.3 Å². The summed E-state index contributed by atoms with van der Waals surface area (Å²) in [5.74, 6) is 1.33. The second-order valence-electron chi connectivity index (χ2n) is 5.88. The van der Waals surface area contributed by atoms with E-state index in [1.807, 2.05) is 6.07 Å². The van der Waals surface area contributed by atoms with Crippen LogP contribution in [0.5, 0.6) is 0 Å². The van der Waals surface area contributed by atoms with E-state index in [0.29, 0.717) is 11.9 Å². The van der Waals surface area contributed by atoms with Crippen LogP contribution in [0, 0.1) is 5.92 Å². The van der Waals surface area contributed by atoms with Gasteiger partial charge in [0.25, 0.3) is 0 Å². The van der Waals surface area contributed by atoms with E-state index in [0.717, 1.165) is 45.6 Å². The maximum absolute atomic E-state index is 6.23. The molecular weight excluding hydrogens is 401 g/mol. The standard InChI is InChI=1S/C18H29N3O.HI/c1-3-21(4-2)18(19)20-17(16-8-6-5-7-9-16)14-15-10-12-22-13-11-15;/h5-9,15,17H,3-4,10-14H2,1-2H3,(H2,19,20);1H. The molecule has 1 fully saturated rings. The minimum Gasteiger partial charge on any atom is -0.381 e. The summed E-state index contributed by atoms with van der Waals surface area (Å²) in [5.41, 5.74) is 7.49. The van der Waals surface area contributed by atoms with Crippen LogP contribution in [0.2, 0.25) is 0 Å². The molecule has 0 amide bonds. The van der Waals surface area contributed by atoms with Crippen molar-refractivity contribution in [2.45, 2.75) is 39.2 Å². The Balaban J connectivity index is 0.00000264. The molecule has 130 valence electrons. The van der Waals surface area contributed by atoms with Crippen LogP contribution in [0.25, 0.3) is 0 Å². The van der Waals surface area contributed by atoms with Crippen LogP contribution in [0.3, 0.4) is 0 Å². The van der Waals surface area contributed by atoms with Gasteiger partial charge in [-0.25, -0.2) is 4.99 Å². The molecule has 4 nitrogen and oxygen atoms in total. The Labute approximate surface area is 157 Å². The SMILES string of the molecule is CCN(CC)C(N)=NC(CC1CCOCC1)c1ccccc1.I. The second-order valence-corrected chi connectivity index (χ2v) is 5.88. The molecule has 1 aliphatic heterocycles. The molecule has 0 bridgehead atoms. The molecule has 1 heterocycles. The summed E-state index contributed by atoms with van der Waals surface area (Å²) in [5, 5.41) is 0. The highest BCUT2D eigenvalue weighted by Gasteiger charge is 2.21. The van der Waals surface area contributed by atoms with E-state index in [9.17, 15) is 0 Å². The van der Waals surface area contributed by atoms with Gasteiger partial charge in [0.1, 0.15) is 0 Å². The number of hydrogen-bond donors (Lipinski definition) is 1. The van der Waals surface area contributed by atoms with Gasteiger partial charge in [-0.3, -0.25) is 0 Å². The molecule has 0 radical (unpaired) electrons. The van der Waals surface area contributed by atoms with Gasteiger partial charge >= 0.3 is 0 Å². The van der Waals surface area contributed by atoms with E-state index in [1.165, 1.54) is 5.56 Å². The number of hydrogen-bond acceptors (Lipinski definition) is 2. The molecular formula is C18H30IN3O. The highest BCUT2D eigenvalue weighted by molar-refractivity contribution is 14.0. The van der Waals surface area contributed by atoms with Crippen LogP contribution < -0.4 is 5.73 Å². The van der Waals surface area contributed by atoms with Crippen molar-refractivity contribution in [2.24, 2.45) is 16.6 Å². The van der Waals surface area contributed by atoms with Gasteiger partial charge in [-0.2, -0.15) is 0 Å². The van der Waals surface area contributed by atoms with Gasteiger partial charge in [0.15, 0.2) is 5.96 Å². The summed E-state index contributed by atoms with van der Waals surface area (Å²) >= 11 is 0. The van der Waals surface area contributed by atoms with Crippen LogP contribution in [0.1, 0.15) is 44.7 Å². The average Bonchev–Trinajstić information content (AvgIpc) is 2.57. The van der Waals surface area contributed by atoms with Gasteiger partial charge in [-0.05, 0) is 44.6 Å². The number of rotatable bonds is 6. The lowest BCUT2D eigenvalue weighted by atomic mass is 9.90. The zero-order valence-corrected chi connectivity index (χ0v) is 16.6. The van der Waals surface area contributed by atoms with Crippen molar-refractivity contribution in [1.82, 2.24) is 4.90 Å². The minimum absolute atomic E-state index is 0. The highest BCUT2D eigenvalue weighted by atomic mass is 127. The first-order chi connectivity index (χ1) is 10.7. The maximum atomic E-state index is 6.23. The number of benzene rings is 1. The molecule has 0 spiro atoms. The Morgan fingerprint density at radius 3 is 2.39 bits per heavy atom. The van der Waals surface area contributed by atoms with E-state index in [2.05, 4.69) is 43.0 Å². The largest absolute Gasteiger partial charge is 0.381 e. The van der Waals surface area contributed by atoms with Crippen molar-refractivity contribution in [1.29, 1.82) is 0 Å². The van der Waals surface area contributed by atoms with Crippen LogP contribution in [0.4, 0.5) is 0 Å². The highest BCUT2D eigenvalue weighted by Crippen LogP contribution is 2.30. The smallest absolute Gasteiger partial charge is 0.191 e. The number of guanidine groups is 1. The summed E-state index contributed by atoms with van der Waals surface area (Å²) in [4.78, 5) is 6.97. The van der Waals surface area contributed by atoms with Gasteiger partial charge in [0, 0.05) is 26.3 Å². The van der Waals surface area contributed by atoms with Crippen molar-refractivity contribution in [3.8, 4) is 0 Å². The van der Waals surface area contributed by atoms with Crippen LogP contribution in [0.15, 0.2) is 35.3 Å². The molecule has 0 aromatic heterocycles. The number of halogens is 1. The molecule has 1 aromatic carbocycles. The fraction of sp³-hybridized carbons (Fsp3) is 0.611. The van der Waals surface area contributed by atoms with Gasteiger partial charge in [0.2, 0.25) is 0 Å². The van der Waals surface area contributed by atoms with E-state index in [4.69, 9.17) is 15.5 Å². The van der Waals surface area contributed by atoms with Gasteiger partial charge in [-0.1, -0.05) is 30.3 Å². The maximum Gasteiger partial charge on any atom is 0.191 e. The Morgan fingerprint density at radius 2 is 1.83 bits per heavy atom. The lowest BCUT2D eigenvalue weighted by Gasteiger charge is -2.27. The predicted molar refractivity (Wildman–Crippen MR) is 107 cm³/mol. The zero-order valence-electron chi connectivity index (χ0n) is 14.3. The fourth-order valence-electron chi connectivity index (χ4n) is 3.03. The van der Waals surface area contributed by atoms with Crippen molar-refractivity contribution < 1.29 is 4.74 Å². The number of aliphatic imine (C=N–C) groups is 1. The van der Waals surface area contributed by atoms with Crippen molar-refractivity contribution in [3.63, 3.8) is 0 Å². The first-order valence-corrected chi connectivity index (χ1v) is 8.45. The summed E-state index contributed by atoms with van der Waals surface area (Å²) in [7, 11) is 0. The molecule has 1 atom stereocenters. The monoisotopic (exact) mass is 431 g/mol. The number of nitrogens with zero attached hydrogens (tertiary/aromatic N) is 2. The second kappa shape index (κ2) is 10.9. The quantitative estimate of drug-likeness (QED) is 0.423. The molecule has 2 N–H and O–H groups in total. The van der Waals surface area contributed by atoms with Crippen LogP contribution >= 0.6 is 24.0 Å². The molecule has 5 heteroatoms. The fourth-order valence-corrected chi connectivity index (χ4v) is 3.03. The zero-order chi connectivity index (χ0) is 15.8. The van der Waals surface area contributed by atoms with Gasteiger partial charge < -0.3 is 15.4 Å². The van der Waals surface area contributed by atoms with Crippen molar-refractivity contribution >= 4 is 29.9 Å². The lowest BCUT2D eigenvalue weighted by molar-refractivity contribution is 0.0619. The summed E-state index contributed by atoms with van der Waals surface area (Å²) in [6.07, 6.45) is 3.31. The third-order valence-electron chi connectivity index (χ3n) is 4.46. The van der Waals surface area contributed by atoms with Gasteiger partial charge in [-0.15, -0.1) is 24.0 Å². The molecule has 23 heavy (non-hydrogen) atoms. The normalized spacial score (nSPS) is 17.4.